The maximum absolute atomic E-state index is 14.3. The van der Waals surface area contributed by atoms with Crippen molar-refractivity contribution in [2.24, 2.45) is 11.8 Å². The van der Waals surface area contributed by atoms with E-state index >= 15 is 0 Å². The van der Waals surface area contributed by atoms with Crippen molar-refractivity contribution < 1.29 is 23.0 Å². The topological polar surface area (TPSA) is 59.6 Å². The first-order valence-electron chi connectivity index (χ1n) is 13.5. The summed E-state index contributed by atoms with van der Waals surface area (Å²) in [6.45, 7) is 4.29. The van der Waals surface area contributed by atoms with Gasteiger partial charge in [-0.1, -0.05) is 49.1 Å². The third kappa shape index (κ3) is 5.55. The summed E-state index contributed by atoms with van der Waals surface area (Å²) in [6, 6.07) is 15.2. The van der Waals surface area contributed by atoms with Gasteiger partial charge in [0, 0.05) is 23.1 Å². The fraction of sp³-hybridized carbons (Fsp3) is 0.387. The van der Waals surface area contributed by atoms with Crippen molar-refractivity contribution in [1.82, 2.24) is 0 Å². The van der Waals surface area contributed by atoms with E-state index in [-0.39, 0.29) is 18.4 Å². The van der Waals surface area contributed by atoms with Crippen molar-refractivity contribution in [3.05, 3.63) is 87.9 Å². The molecule has 5 rings (SSSR count). The number of ether oxygens (including phenoxy) is 2. The molecule has 1 atom stereocenters. The molecule has 0 bridgehead atoms. The van der Waals surface area contributed by atoms with Crippen LogP contribution in [-0.4, -0.2) is 19.2 Å². The van der Waals surface area contributed by atoms with Gasteiger partial charge in [-0.15, -0.1) is 0 Å². The van der Waals surface area contributed by atoms with Crippen LogP contribution >= 0.6 is 11.6 Å². The number of carbonyl (C=O) groups excluding carboxylic acids is 1. The number of halogens is 3. The summed E-state index contributed by atoms with van der Waals surface area (Å²) in [5.41, 5.74) is 2.29. The summed E-state index contributed by atoms with van der Waals surface area (Å²) in [4.78, 5) is 12.4. The molecule has 1 heterocycles. The molecule has 0 saturated heterocycles. The molecule has 1 aliphatic heterocycles. The maximum atomic E-state index is 14.3. The number of nitrogens with one attached hydrogen (secondary N) is 2. The van der Waals surface area contributed by atoms with E-state index in [1.54, 1.807) is 19.1 Å². The van der Waals surface area contributed by atoms with Crippen LogP contribution < -0.4 is 15.4 Å². The van der Waals surface area contributed by atoms with E-state index in [9.17, 15) is 13.6 Å². The highest BCUT2D eigenvalue weighted by Crippen LogP contribution is 2.49. The zero-order chi connectivity index (χ0) is 27.6. The summed E-state index contributed by atoms with van der Waals surface area (Å²) in [6.07, 6.45) is 5.40. The number of anilines is 2. The Morgan fingerprint density at radius 3 is 2.26 bits per heavy atom. The smallest absolute Gasteiger partial charge is 0.338 e. The molecule has 2 aliphatic rings. The first kappa shape index (κ1) is 27.3. The van der Waals surface area contributed by atoms with E-state index in [1.807, 2.05) is 37.3 Å². The van der Waals surface area contributed by atoms with Gasteiger partial charge < -0.3 is 20.1 Å². The minimum Gasteiger partial charge on any atom is -0.493 e. The Labute approximate surface area is 232 Å². The highest BCUT2D eigenvalue weighted by molar-refractivity contribution is 6.30. The monoisotopic (exact) mass is 554 g/mol. The third-order valence-corrected chi connectivity index (χ3v) is 8.17. The largest absolute Gasteiger partial charge is 0.493 e. The van der Waals surface area contributed by atoms with E-state index in [0.29, 0.717) is 34.3 Å². The SMILES string of the molecule is CCOC(=O)c1ccc(C)c(OCC(C2CCCCC2)C2(c3ccc(Cl)cc3)Nc3cc(F)c(F)cc3N2)c1. The Bertz CT molecular complexity index is 1310. The van der Waals surface area contributed by atoms with E-state index in [2.05, 4.69) is 10.6 Å². The minimum atomic E-state index is -0.910. The highest BCUT2D eigenvalue weighted by Gasteiger charge is 2.49. The fourth-order valence-electron chi connectivity index (χ4n) is 5.89. The molecular formula is C31H33ClF2N2O3. The van der Waals surface area contributed by atoms with Crippen molar-refractivity contribution in [3.63, 3.8) is 0 Å². The van der Waals surface area contributed by atoms with Gasteiger partial charge in [0.15, 0.2) is 11.6 Å². The number of hydrogen-bond donors (Lipinski definition) is 2. The molecule has 206 valence electrons. The summed E-state index contributed by atoms with van der Waals surface area (Å²) in [7, 11) is 0. The first-order valence-corrected chi connectivity index (χ1v) is 13.9. The molecule has 2 N–H and O–H groups in total. The fourth-order valence-corrected chi connectivity index (χ4v) is 6.02. The van der Waals surface area contributed by atoms with Crippen LogP contribution in [0, 0.1) is 30.4 Å². The quantitative estimate of drug-likeness (QED) is 0.276. The Morgan fingerprint density at radius 1 is 1.00 bits per heavy atom. The predicted molar refractivity (Wildman–Crippen MR) is 149 cm³/mol. The molecule has 39 heavy (non-hydrogen) atoms. The Kier molecular flexibility index (Phi) is 7.98. The lowest BCUT2D eigenvalue weighted by Crippen LogP contribution is -2.51. The number of rotatable bonds is 8. The predicted octanol–water partition coefficient (Wildman–Crippen LogP) is 8.07. The molecule has 0 amide bonds. The Hall–Kier alpha value is -3.32. The summed E-state index contributed by atoms with van der Waals surface area (Å²) in [5.74, 6) is -1.49. The zero-order valence-electron chi connectivity index (χ0n) is 22.2. The molecule has 1 unspecified atom stereocenters. The summed E-state index contributed by atoms with van der Waals surface area (Å²) >= 11 is 6.24. The number of hydrogen-bond acceptors (Lipinski definition) is 5. The summed E-state index contributed by atoms with van der Waals surface area (Å²) < 4.78 is 40.2. The average molecular weight is 555 g/mol. The average Bonchev–Trinajstić information content (AvgIpc) is 3.29. The number of benzene rings is 3. The van der Waals surface area contributed by atoms with E-state index < -0.39 is 23.3 Å². The van der Waals surface area contributed by atoms with Crippen LogP contribution in [0.4, 0.5) is 20.2 Å². The molecule has 1 saturated carbocycles. The third-order valence-electron chi connectivity index (χ3n) is 7.92. The number of esters is 1. The highest BCUT2D eigenvalue weighted by atomic mass is 35.5. The molecular weight excluding hydrogens is 522 g/mol. The van der Waals surface area contributed by atoms with Crippen LogP contribution in [0.15, 0.2) is 54.6 Å². The molecule has 3 aromatic rings. The van der Waals surface area contributed by atoms with Crippen LogP contribution in [0.5, 0.6) is 5.75 Å². The van der Waals surface area contributed by atoms with Gasteiger partial charge >= 0.3 is 5.97 Å². The standard InChI is InChI=1S/C31H33ClF2N2O3/c1-3-38-30(37)21-10-9-19(2)29(15-21)39-18-24(20-7-5-4-6-8-20)31(22-11-13-23(32)14-12-22)35-27-16-25(33)26(34)17-28(27)36-31/h9-17,20,24,35-36H,3-8,18H2,1-2H3. The van der Waals surface area contributed by atoms with Crippen LogP contribution in [0.3, 0.4) is 0 Å². The summed E-state index contributed by atoms with van der Waals surface area (Å²) in [5, 5.41) is 7.66. The van der Waals surface area contributed by atoms with Crippen LogP contribution in [0.25, 0.3) is 0 Å². The van der Waals surface area contributed by atoms with Crippen molar-refractivity contribution in [2.45, 2.75) is 51.6 Å². The first-order chi connectivity index (χ1) is 18.8. The Balaban J connectivity index is 1.55. The lowest BCUT2D eigenvalue weighted by molar-refractivity contribution is 0.0525. The van der Waals surface area contributed by atoms with Crippen molar-refractivity contribution in [2.75, 3.05) is 23.8 Å². The van der Waals surface area contributed by atoms with Gasteiger partial charge in [0.25, 0.3) is 0 Å². The van der Waals surface area contributed by atoms with E-state index in [0.717, 1.165) is 36.8 Å². The maximum Gasteiger partial charge on any atom is 0.338 e. The Morgan fingerprint density at radius 2 is 1.64 bits per heavy atom. The second kappa shape index (κ2) is 11.4. The second-order valence-electron chi connectivity index (χ2n) is 10.4. The number of carbonyl (C=O) groups is 1. The van der Waals surface area contributed by atoms with Crippen LogP contribution in [0.2, 0.25) is 5.02 Å². The van der Waals surface area contributed by atoms with Crippen molar-refractivity contribution in [1.29, 1.82) is 0 Å². The van der Waals surface area contributed by atoms with Gasteiger partial charge in [0.2, 0.25) is 0 Å². The molecule has 3 aromatic carbocycles. The van der Waals surface area contributed by atoms with E-state index in [1.165, 1.54) is 18.6 Å². The van der Waals surface area contributed by atoms with Crippen molar-refractivity contribution in [3.8, 4) is 5.75 Å². The number of aryl methyl sites for hydroxylation is 1. The van der Waals surface area contributed by atoms with Gasteiger partial charge in [-0.3, -0.25) is 0 Å². The van der Waals surface area contributed by atoms with Gasteiger partial charge in [-0.05, 0) is 68.0 Å². The van der Waals surface area contributed by atoms with Gasteiger partial charge in [-0.2, -0.15) is 0 Å². The molecule has 5 nitrogen and oxygen atoms in total. The molecule has 1 aliphatic carbocycles. The lowest BCUT2D eigenvalue weighted by Gasteiger charge is -2.44. The van der Waals surface area contributed by atoms with Crippen LogP contribution in [-0.2, 0) is 10.4 Å². The van der Waals surface area contributed by atoms with Crippen LogP contribution in [0.1, 0.15) is 60.5 Å². The molecule has 0 aromatic heterocycles. The molecule has 0 radical (unpaired) electrons. The molecule has 1 fully saturated rings. The van der Waals surface area contributed by atoms with Gasteiger partial charge in [0.1, 0.15) is 11.4 Å². The lowest BCUT2D eigenvalue weighted by atomic mass is 9.72. The van der Waals surface area contributed by atoms with E-state index in [4.69, 9.17) is 21.1 Å². The van der Waals surface area contributed by atoms with Gasteiger partial charge in [0.05, 0.1) is 30.2 Å². The minimum absolute atomic E-state index is 0.136. The second-order valence-corrected chi connectivity index (χ2v) is 10.8. The molecule has 8 heteroatoms. The zero-order valence-corrected chi connectivity index (χ0v) is 22.9. The molecule has 0 spiro atoms. The van der Waals surface area contributed by atoms with Gasteiger partial charge in [-0.25, -0.2) is 13.6 Å². The number of fused-ring (bicyclic) bond motifs is 1. The van der Waals surface area contributed by atoms with Crippen molar-refractivity contribution >= 4 is 28.9 Å². The normalized spacial score (nSPS) is 17.1.